The summed E-state index contributed by atoms with van der Waals surface area (Å²) in [6.07, 6.45) is 0. The summed E-state index contributed by atoms with van der Waals surface area (Å²) in [4.78, 5) is 0. The van der Waals surface area contributed by atoms with Crippen LogP contribution in [0.25, 0.3) is 0 Å². The van der Waals surface area contributed by atoms with Crippen molar-refractivity contribution in [1.29, 1.82) is 0 Å². The molecule has 1 nitrogen and oxygen atoms in total. The zero-order valence-corrected chi connectivity index (χ0v) is 12.3. The molecule has 0 aliphatic rings. The molecule has 1 aromatic carbocycles. The van der Waals surface area contributed by atoms with Crippen LogP contribution in [-0.4, -0.2) is 5.11 Å². The maximum absolute atomic E-state index is 9.32. The van der Waals surface area contributed by atoms with Crippen molar-refractivity contribution in [1.82, 2.24) is 0 Å². The summed E-state index contributed by atoms with van der Waals surface area (Å²) in [5, 5.41) is 9.32. The van der Waals surface area contributed by atoms with Gasteiger partial charge in [0.25, 0.3) is 0 Å². The quantitative estimate of drug-likeness (QED) is 0.572. The normalized spacial score (nSPS) is 9.92. The Balaban J connectivity index is 0.000000561. The second-order valence-electron chi connectivity index (χ2n) is 1.91. The van der Waals surface area contributed by atoms with Crippen molar-refractivity contribution in [3.8, 4) is 0 Å². The van der Waals surface area contributed by atoms with Crippen molar-refractivity contribution >= 4 is 45.0 Å². The third-order valence-corrected chi connectivity index (χ3v) is 2.04. The number of rotatable bonds is 1. The Kier molecular flexibility index (Phi) is 7.49. The molecule has 5 heteroatoms. The molecule has 0 fully saturated rings. The van der Waals surface area contributed by atoms with Crippen LogP contribution in [0.3, 0.4) is 0 Å². The molecule has 0 amide bonds. The first-order valence-corrected chi connectivity index (χ1v) is 8.40. The summed E-state index contributed by atoms with van der Waals surface area (Å²) < 4.78 is -1.08. The molecule has 1 rings (SSSR count). The molecular weight excluding hydrogens is 388 g/mol. The molecule has 0 saturated carbocycles. The van der Waals surface area contributed by atoms with Crippen molar-refractivity contribution in [3.63, 3.8) is 0 Å². The molecule has 0 heterocycles. The number of halogens is 3. The van der Waals surface area contributed by atoms with E-state index < -0.39 is 3.42 Å². The van der Waals surface area contributed by atoms with Crippen LogP contribution in [-0.2, 0) is 21.8 Å². The number of alkyl halides is 2. The Morgan fingerprint density at radius 1 is 1.08 bits per heavy atom. The minimum absolute atomic E-state index is 0.787. The molecule has 12 heavy (non-hydrogen) atoms. The van der Waals surface area contributed by atoms with E-state index in [0.29, 0.717) is 0 Å². The molecular formula is C7H6Br3OTi. The monoisotopic (exact) mass is 391 g/mol. The third kappa shape index (κ3) is 5.15. The van der Waals surface area contributed by atoms with Crippen molar-refractivity contribution in [3.05, 3.63) is 35.9 Å². The van der Waals surface area contributed by atoms with E-state index in [2.05, 4.69) is 45.0 Å². The predicted molar refractivity (Wildman–Crippen MR) is 57.1 cm³/mol. The first-order chi connectivity index (χ1) is 5.61. The first-order valence-electron chi connectivity index (χ1n) is 2.95. The zero-order valence-electron chi connectivity index (χ0n) is 5.97. The molecule has 1 N–H and O–H groups in total. The molecule has 65 valence electrons. The number of hydrogen-bond donors (Lipinski definition) is 1. The fourth-order valence-corrected chi connectivity index (χ4v) is 1.17. The molecule has 1 aromatic rings. The van der Waals surface area contributed by atoms with Crippen molar-refractivity contribution < 1.29 is 23.4 Å². The SMILES string of the molecule is OC(Br)(Br)c1ccccc1.[Ti][Br]. The summed E-state index contributed by atoms with van der Waals surface area (Å²) >= 11 is 10.9. The van der Waals surface area contributed by atoms with E-state index >= 15 is 0 Å². The Morgan fingerprint density at radius 3 is 1.75 bits per heavy atom. The molecule has 0 aliphatic heterocycles. The minimum atomic E-state index is -1.08. The van der Waals surface area contributed by atoms with Gasteiger partial charge in [-0.2, -0.15) is 0 Å². The van der Waals surface area contributed by atoms with Gasteiger partial charge in [0.1, 0.15) is 0 Å². The second kappa shape index (κ2) is 6.74. The third-order valence-electron chi connectivity index (χ3n) is 1.12. The van der Waals surface area contributed by atoms with Crippen LogP contribution in [0.15, 0.2) is 30.3 Å². The van der Waals surface area contributed by atoms with E-state index in [-0.39, 0.29) is 0 Å². The van der Waals surface area contributed by atoms with Gasteiger partial charge in [0, 0.05) is 5.56 Å². The number of aliphatic hydroxyl groups is 1. The van der Waals surface area contributed by atoms with Gasteiger partial charge in [0.2, 0.25) is 3.42 Å². The van der Waals surface area contributed by atoms with Crippen LogP contribution < -0.4 is 0 Å². The van der Waals surface area contributed by atoms with E-state index in [9.17, 15) is 5.11 Å². The molecule has 0 spiro atoms. The molecule has 0 unspecified atom stereocenters. The van der Waals surface area contributed by atoms with Crippen LogP contribution in [0.4, 0.5) is 0 Å². The Morgan fingerprint density at radius 2 is 1.50 bits per heavy atom. The average molecular weight is 394 g/mol. The Bertz CT molecular complexity index is 210. The molecule has 0 radical (unpaired) electrons. The number of hydrogen-bond acceptors (Lipinski definition) is 1. The van der Waals surface area contributed by atoms with Crippen molar-refractivity contribution in [2.24, 2.45) is 0 Å². The fourth-order valence-electron chi connectivity index (χ4n) is 0.639. The fraction of sp³-hybridized carbons (Fsp3) is 0.143. The standard InChI is InChI=1S/C7H6Br2O.BrH.Ti/c8-7(9,10)6-4-2-1-3-5-6;;/h1-5,10H;1H;/q;;+1/p-1. The second-order valence-corrected chi connectivity index (χ2v) is 5.27. The van der Waals surface area contributed by atoms with Gasteiger partial charge in [-0.25, -0.2) is 0 Å². The molecule has 0 bridgehead atoms. The Hall–Kier alpha value is 1.33. The van der Waals surface area contributed by atoms with Crippen LogP contribution >= 0.6 is 45.0 Å². The van der Waals surface area contributed by atoms with E-state index in [4.69, 9.17) is 0 Å². The maximum atomic E-state index is 9.32. The van der Waals surface area contributed by atoms with E-state index in [0.717, 1.165) is 5.56 Å². The van der Waals surface area contributed by atoms with Gasteiger partial charge in [-0.1, -0.05) is 30.3 Å². The molecule has 0 saturated heterocycles. The van der Waals surface area contributed by atoms with Crippen LogP contribution in [0.1, 0.15) is 5.56 Å². The predicted octanol–water partition coefficient (Wildman–Crippen LogP) is 3.42. The number of benzene rings is 1. The Labute approximate surface area is 107 Å². The first kappa shape index (κ1) is 13.3. The molecule has 0 aromatic heterocycles. The van der Waals surface area contributed by atoms with E-state index in [1.165, 1.54) is 0 Å². The van der Waals surface area contributed by atoms with E-state index in [1.54, 1.807) is 0 Å². The van der Waals surface area contributed by atoms with Gasteiger partial charge in [-0.05, 0) is 31.9 Å². The summed E-state index contributed by atoms with van der Waals surface area (Å²) in [7, 11) is 0. The molecule has 0 atom stereocenters. The van der Waals surface area contributed by atoms with Gasteiger partial charge in [-0.15, -0.1) is 0 Å². The van der Waals surface area contributed by atoms with Gasteiger partial charge >= 0.3 is 31.5 Å². The van der Waals surface area contributed by atoms with Crippen LogP contribution in [0.2, 0.25) is 0 Å². The van der Waals surface area contributed by atoms with Crippen molar-refractivity contribution in [2.75, 3.05) is 0 Å². The summed E-state index contributed by atoms with van der Waals surface area (Å²) in [6.45, 7) is 0. The topological polar surface area (TPSA) is 20.2 Å². The van der Waals surface area contributed by atoms with Gasteiger partial charge in [0.05, 0.1) is 0 Å². The van der Waals surface area contributed by atoms with Gasteiger partial charge < -0.3 is 5.11 Å². The average Bonchev–Trinajstić information content (AvgIpc) is 2.08. The summed E-state index contributed by atoms with van der Waals surface area (Å²) in [5.74, 6) is 0. The summed E-state index contributed by atoms with van der Waals surface area (Å²) in [6, 6.07) is 9.27. The van der Waals surface area contributed by atoms with E-state index in [1.807, 2.05) is 48.7 Å². The van der Waals surface area contributed by atoms with Gasteiger partial charge in [-0.3, -0.25) is 0 Å². The zero-order chi connectivity index (χ0) is 9.61. The summed E-state index contributed by atoms with van der Waals surface area (Å²) in [5.41, 5.74) is 0.787. The van der Waals surface area contributed by atoms with Gasteiger partial charge in [0.15, 0.2) is 0 Å². The molecule has 0 aliphatic carbocycles. The van der Waals surface area contributed by atoms with Crippen LogP contribution in [0, 0.1) is 0 Å². The van der Waals surface area contributed by atoms with Crippen molar-refractivity contribution in [2.45, 2.75) is 3.42 Å². The van der Waals surface area contributed by atoms with Crippen LogP contribution in [0.5, 0.6) is 0 Å².